The minimum absolute atomic E-state index is 0.141. The lowest BCUT2D eigenvalue weighted by atomic mass is 9.88. The van der Waals surface area contributed by atoms with E-state index >= 15 is 0 Å². The fourth-order valence-electron chi connectivity index (χ4n) is 6.19. The van der Waals surface area contributed by atoms with Crippen LogP contribution in [0.15, 0.2) is 0 Å². The third kappa shape index (κ3) is 26.2. The Bertz CT molecular complexity index is 614. The molecule has 0 aromatic rings. The summed E-state index contributed by atoms with van der Waals surface area (Å²) in [7, 11) is 0. The van der Waals surface area contributed by atoms with E-state index in [-0.39, 0.29) is 12.2 Å². The molecule has 1 atom stereocenters. The topological polar surface area (TPSA) is 74.6 Å². The molecule has 0 radical (unpaired) electrons. The van der Waals surface area contributed by atoms with Gasteiger partial charge in [0.1, 0.15) is 5.78 Å². The Labute approximate surface area is 269 Å². The van der Waals surface area contributed by atoms with E-state index in [0.29, 0.717) is 12.8 Å². The Balaban J connectivity index is 3.67. The van der Waals surface area contributed by atoms with Crippen molar-refractivity contribution in [2.75, 3.05) is 0 Å². The first-order chi connectivity index (χ1) is 20.9. The monoisotopic (exact) mass is 609 g/mol. The van der Waals surface area contributed by atoms with Gasteiger partial charge in [-0.25, -0.2) is 0 Å². The van der Waals surface area contributed by atoms with Gasteiger partial charge in [-0.3, -0.25) is 9.59 Å². The van der Waals surface area contributed by atoms with Crippen LogP contribution in [0.2, 0.25) is 0 Å². The van der Waals surface area contributed by atoms with Crippen LogP contribution in [0.4, 0.5) is 0 Å². The van der Waals surface area contributed by atoms with E-state index < -0.39 is 17.5 Å². The third-order valence-electron chi connectivity index (χ3n) is 9.53. The number of ketones is 2. The lowest BCUT2D eigenvalue weighted by Crippen LogP contribution is -2.47. The third-order valence-corrected chi connectivity index (χ3v) is 9.53. The first-order valence-electron chi connectivity index (χ1n) is 19.4. The van der Waals surface area contributed by atoms with Gasteiger partial charge in [0, 0.05) is 12.8 Å². The second-order valence-electron chi connectivity index (χ2n) is 13.7. The van der Waals surface area contributed by atoms with Gasteiger partial charge in [0.25, 0.3) is 0 Å². The summed E-state index contributed by atoms with van der Waals surface area (Å²) in [6.07, 6.45) is 38.3. The zero-order chi connectivity index (χ0) is 31.9. The molecule has 43 heavy (non-hydrogen) atoms. The molecule has 0 amide bonds. The average Bonchev–Trinajstić information content (AvgIpc) is 3.00. The van der Waals surface area contributed by atoms with Crippen molar-refractivity contribution >= 4 is 11.6 Å². The van der Waals surface area contributed by atoms with Crippen LogP contribution in [0.5, 0.6) is 0 Å². The molecule has 0 fully saturated rings. The van der Waals surface area contributed by atoms with Crippen molar-refractivity contribution in [3.8, 4) is 0 Å². The highest BCUT2D eigenvalue weighted by atomic mass is 16.5. The molecule has 0 aromatic carbocycles. The van der Waals surface area contributed by atoms with E-state index in [4.69, 9.17) is 0 Å². The van der Waals surface area contributed by atoms with Gasteiger partial charge in [-0.05, 0) is 19.8 Å². The summed E-state index contributed by atoms with van der Waals surface area (Å²) in [5.74, 6) is -4.38. The highest BCUT2D eigenvalue weighted by molar-refractivity contribution is 5.93. The lowest BCUT2D eigenvalue weighted by Gasteiger charge is -2.26. The smallest absolute Gasteiger partial charge is 0.233 e. The fourth-order valence-corrected chi connectivity index (χ4v) is 6.19. The lowest BCUT2D eigenvalue weighted by molar-refractivity contribution is -0.202. The maximum absolute atomic E-state index is 12.6. The molecular formula is C39H76O4. The van der Waals surface area contributed by atoms with Crippen LogP contribution in [0, 0.1) is 5.92 Å². The Morgan fingerprint density at radius 1 is 0.419 bits per heavy atom. The van der Waals surface area contributed by atoms with Crippen LogP contribution in [-0.4, -0.2) is 27.6 Å². The number of Topliss-reactive ketones (excluding diaryl/α,β-unsaturated/α-hetero) is 2. The van der Waals surface area contributed by atoms with Gasteiger partial charge in [0.05, 0.1) is 5.92 Å². The molecule has 0 bridgehead atoms. The van der Waals surface area contributed by atoms with E-state index in [1.807, 2.05) is 0 Å². The first kappa shape index (κ1) is 42.3. The van der Waals surface area contributed by atoms with Crippen LogP contribution in [0.3, 0.4) is 0 Å². The number of aliphatic hydroxyl groups is 2. The Kier molecular flexibility index (Phi) is 30.7. The maximum atomic E-state index is 12.6. The predicted octanol–water partition coefficient (Wildman–Crippen LogP) is 12.0. The van der Waals surface area contributed by atoms with Crippen molar-refractivity contribution in [1.82, 2.24) is 0 Å². The SMILES string of the molecule is CCCCCCCCCCCCCCCCCC(=O)C(C)C(O)(O)C(=O)CCCCCCCCCCCCCCCCC. The van der Waals surface area contributed by atoms with Crippen molar-refractivity contribution in [2.24, 2.45) is 5.92 Å². The second-order valence-corrected chi connectivity index (χ2v) is 13.7. The Morgan fingerprint density at radius 2 is 0.651 bits per heavy atom. The summed E-state index contributed by atoms with van der Waals surface area (Å²) in [6.45, 7) is 6.03. The highest BCUT2D eigenvalue weighted by Gasteiger charge is 2.41. The van der Waals surface area contributed by atoms with Crippen molar-refractivity contribution in [2.45, 2.75) is 232 Å². The molecule has 1 unspecified atom stereocenters. The minimum atomic E-state index is -2.53. The standard InChI is InChI=1S/C39H76O4/c1-4-6-8-10-12-14-16-18-20-22-24-26-28-30-32-34-37(40)36(3)39(42,43)38(41)35-33-31-29-27-25-23-21-19-17-15-13-11-9-7-5-2/h36,42-43H,4-35H2,1-3H3. The van der Waals surface area contributed by atoms with E-state index in [0.717, 1.165) is 32.1 Å². The first-order valence-corrected chi connectivity index (χ1v) is 19.4. The van der Waals surface area contributed by atoms with E-state index in [9.17, 15) is 19.8 Å². The number of hydrogen-bond acceptors (Lipinski definition) is 4. The molecule has 4 heteroatoms. The number of hydrogen-bond donors (Lipinski definition) is 2. The number of rotatable bonds is 35. The summed E-state index contributed by atoms with van der Waals surface area (Å²) in [5, 5.41) is 20.9. The van der Waals surface area contributed by atoms with E-state index in [1.165, 1.54) is 161 Å². The molecule has 0 saturated heterocycles. The van der Waals surface area contributed by atoms with Crippen molar-refractivity contribution in [3.63, 3.8) is 0 Å². The molecule has 4 nitrogen and oxygen atoms in total. The molecule has 0 aliphatic rings. The van der Waals surface area contributed by atoms with Gasteiger partial charge in [-0.1, -0.05) is 194 Å². The summed E-state index contributed by atoms with van der Waals surface area (Å²) in [6, 6.07) is 0. The maximum Gasteiger partial charge on any atom is 0.233 e. The van der Waals surface area contributed by atoms with Gasteiger partial charge >= 0.3 is 0 Å². The average molecular weight is 609 g/mol. The minimum Gasteiger partial charge on any atom is -0.359 e. The largest absolute Gasteiger partial charge is 0.359 e. The van der Waals surface area contributed by atoms with Crippen LogP contribution in [0.1, 0.15) is 226 Å². The number of carbonyl (C=O) groups is 2. The van der Waals surface area contributed by atoms with Gasteiger partial charge in [0.15, 0.2) is 5.78 Å². The van der Waals surface area contributed by atoms with Crippen LogP contribution < -0.4 is 0 Å². The molecule has 256 valence electrons. The Morgan fingerprint density at radius 3 is 0.930 bits per heavy atom. The van der Waals surface area contributed by atoms with E-state index in [1.54, 1.807) is 0 Å². The van der Waals surface area contributed by atoms with Crippen LogP contribution in [-0.2, 0) is 9.59 Å². The fraction of sp³-hybridized carbons (Fsp3) is 0.949. The molecule has 0 aliphatic heterocycles. The molecule has 0 aliphatic carbocycles. The molecule has 2 N–H and O–H groups in total. The highest BCUT2D eigenvalue weighted by Crippen LogP contribution is 2.23. The number of unbranched alkanes of at least 4 members (excludes halogenated alkanes) is 28. The molecular weight excluding hydrogens is 532 g/mol. The van der Waals surface area contributed by atoms with Gasteiger partial charge in [-0.2, -0.15) is 0 Å². The van der Waals surface area contributed by atoms with Crippen molar-refractivity contribution in [3.05, 3.63) is 0 Å². The predicted molar refractivity (Wildman–Crippen MR) is 185 cm³/mol. The van der Waals surface area contributed by atoms with Crippen LogP contribution >= 0.6 is 0 Å². The molecule has 0 spiro atoms. The second kappa shape index (κ2) is 31.3. The summed E-state index contributed by atoms with van der Waals surface area (Å²) in [5.41, 5.74) is 0. The summed E-state index contributed by atoms with van der Waals surface area (Å²) < 4.78 is 0. The van der Waals surface area contributed by atoms with Crippen LogP contribution in [0.25, 0.3) is 0 Å². The van der Waals surface area contributed by atoms with E-state index in [2.05, 4.69) is 13.8 Å². The zero-order valence-electron chi connectivity index (χ0n) is 29.4. The molecule has 0 rings (SSSR count). The number of carbonyl (C=O) groups excluding carboxylic acids is 2. The van der Waals surface area contributed by atoms with Gasteiger partial charge < -0.3 is 10.2 Å². The van der Waals surface area contributed by atoms with Crippen molar-refractivity contribution in [1.29, 1.82) is 0 Å². The quantitative estimate of drug-likeness (QED) is 0.0554. The van der Waals surface area contributed by atoms with Gasteiger partial charge in [0.2, 0.25) is 5.79 Å². The molecule has 0 aromatic heterocycles. The summed E-state index contributed by atoms with van der Waals surface area (Å²) >= 11 is 0. The molecule has 0 saturated carbocycles. The normalized spacial score (nSPS) is 12.6. The zero-order valence-corrected chi connectivity index (χ0v) is 29.4. The molecule has 0 heterocycles. The van der Waals surface area contributed by atoms with Gasteiger partial charge in [-0.15, -0.1) is 0 Å². The van der Waals surface area contributed by atoms with Crippen molar-refractivity contribution < 1.29 is 19.8 Å². The summed E-state index contributed by atoms with van der Waals surface area (Å²) in [4.78, 5) is 25.1. The Hall–Kier alpha value is -0.740.